The topological polar surface area (TPSA) is 64.1 Å². The third kappa shape index (κ3) is 5.83. The third-order valence-corrected chi connectivity index (χ3v) is 7.81. The molecule has 2 unspecified atom stereocenters. The molecule has 2 saturated heterocycles. The van der Waals surface area contributed by atoms with E-state index in [1.165, 1.54) is 19.3 Å². The van der Waals surface area contributed by atoms with E-state index in [1.807, 2.05) is 21.9 Å². The van der Waals surface area contributed by atoms with Gasteiger partial charge >= 0.3 is 0 Å². The number of benzene rings is 1. The van der Waals surface area contributed by atoms with Gasteiger partial charge in [-0.15, -0.1) is 0 Å². The summed E-state index contributed by atoms with van der Waals surface area (Å²) in [5, 5.41) is 10.2. The fourth-order valence-corrected chi connectivity index (χ4v) is 6.31. The van der Waals surface area contributed by atoms with Crippen LogP contribution < -0.4 is 4.90 Å². The van der Waals surface area contributed by atoms with Crippen molar-refractivity contribution in [2.75, 3.05) is 24.5 Å². The summed E-state index contributed by atoms with van der Waals surface area (Å²) in [4.78, 5) is 32.8. The zero-order chi connectivity index (χ0) is 24.2. The van der Waals surface area contributed by atoms with Crippen molar-refractivity contribution in [3.05, 3.63) is 29.3 Å². The smallest absolute Gasteiger partial charge is 0.254 e. The largest absolute Gasteiger partial charge is 0.393 e. The molecule has 3 heterocycles. The Balaban J connectivity index is 1.67. The van der Waals surface area contributed by atoms with Crippen LogP contribution in [0.15, 0.2) is 18.2 Å². The second-order valence-corrected chi connectivity index (χ2v) is 11.1. The molecule has 1 aromatic carbocycles. The highest BCUT2D eigenvalue weighted by Gasteiger charge is 2.43. The molecule has 6 heteroatoms. The number of fused-ring (bicyclic) bond motifs is 3. The lowest BCUT2D eigenvalue weighted by Crippen LogP contribution is -2.48. The Morgan fingerprint density at radius 2 is 1.65 bits per heavy atom. The molecule has 1 aromatic rings. The maximum Gasteiger partial charge on any atom is 0.254 e. The molecule has 2 amide bonds. The van der Waals surface area contributed by atoms with E-state index in [0.29, 0.717) is 24.3 Å². The van der Waals surface area contributed by atoms with Gasteiger partial charge in [0, 0.05) is 49.9 Å². The fraction of sp³-hybridized carbons (Fsp3) is 0.714. The number of hydrogen-bond donors (Lipinski definition) is 1. The molecule has 3 aliphatic heterocycles. The van der Waals surface area contributed by atoms with Gasteiger partial charge in [-0.25, -0.2) is 0 Å². The number of hydrogen-bond acceptors (Lipinski definition) is 4. The molecule has 188 valence electrons. The normalized spacial score (nSPS) is 26.7. The Hall–Kier alpha value is -1.92. The molecule has 1 N–H and O–H groups in total. The van der Waals surface area contributed by atoms with Gasteiger partial charge in [0.25, 0.3) is 5.91 Å². The highest BCUT2D eigenvalue weighted by molar-refractivity contribution is 5.97. The summed E-state index contributed by atoms with van der Waals surface area (Å²) >= 11 is 0. The van der Waals surface area contributed by atoms with Crippen LogP contribution in [0.5, 0.6) is 0 Å². The Morgan fingerprint density at radius 1 is 1.00 bits per heavy atom. The number of aliphatic hydroxyl groups is 1. The first-order valence-electron chi connectivity index (χ1n) is 13.5. The van der Waals surface area contributed by atoms with Gasteiger partial charge in [-0.2, -0.15) is 0 Å². The van der Waals surface area contributed by atoms with Crippen LogP contribution in [0.1, 0.15) is 94.5 Å². The Kier molecular flexibility index (Phi) is 8.30. The van der Waals surface area contributed by atoms with Crippen LogP contribution in [0, 0.1) is 5.92 Å². The first-order chi connectivity index (χ1) is 16.3. The minimum Gasteiger partial charge on any atom is -0.393 e. The lowest BCUT2D eigenvalue weighted by molar-refractivity contribution is -0.116. The Bertz CT molecular complexity index is 856. The molecule has 6 nitrogen and oxygen atoms in total. The summed E-state index contributed by atoms with van der Waals surface area (Å²) in [7, 11) is 0. The van der Waals surface area contributed by atoms with Crippen molar-refractivity contribution in [3.8, 4) is 0 Å². The zero-order valence-electron chi connectivity index (χ0n) is 21.3. The number of carbonyl (C=O) groups excluding carboxylic acids is 2. The van der Waals surface area contributed by atoms with Crippen LogP contribution in [-0.2, 0) is 11.3 Å². The quantitative estimate of drug-likeness (QED) is 0.703. The third-order valence-electron chi connectivity index (χ3n) is 7.81. The number of amides is 2. The van der Waals surface area contributed by atoms with Gasteiger partial charge in [-0.1, -0.05) is 33.1 Å². The van der Waals surface area contributed by atoms with Crippen molar-refractivity contribution in [3.63, 3.8) is 0 Å². The zero-order valence-corrected chi connectivity index (χ0v) is 21.3. The summed E-state index contributed by atoms with van der Waals surface area (Å²) in [6.07, 6.45) is 8.84. The highest BCUT2D eigenvalue weighted by atomic mass is 16.3. The number of carbonyl (C=O) groups is 2. The van der Waals surface area contributed by atoms with Crippen LogP contribution in [0.4, 0.5) is 5.69 Å². The first-order valence-corrected chi connectivity index (χ1v) is 13.5. The molecule has 0 saturated carbocycles. The molecule has 2 fully saturated rings. The summed E-state index contributed by atoms with van der Waals surface area (Å²) in [6, 6.07) is 6.27. The molecule has 0 aromatic heterocycles. The maximum absolute atomic E-state index is 13.7. The Morgan fingerprint density at radius 3 is 2.29 bits per heavy atom. The van der Waals surface area contributed by atoms with Gasteiger partial charge in [0.2, 0.25) is 5.91 Å². The maximum atomic E-state index is 13.7. The lowest BCUT2D eigenvalue weighted by atomic mass is 9.97. The molecule has 2 bridgehead atoms. The van der Waals surface area contributed by atoms with E-state index in [9.17, 15) is 14.7 Å². The molecule has 34 heavy (non-hydrogen) atoms. The number of piperidine rings is 1. The summed E-state index contributed by atoms with van der Waals surface area (Å²) in [5.74, 6) is 0.703. The van der Waals surface area contributed by atoms with Gasteiger partial charge in [-0.3, -0.25) is 14.5 Å². The summed E-state index contributed by atoms with van der Waals surface area (Å²) in [5.41, 5.74) is 2.74. The van der Waals surface area contributed by atoms with Gasteiger partial charge in [-0.05, 0) is 74.8 Å². The van der Waals surface area contributed by atoms with E-state index >= 15 is 0 Å². The minimum atomic E-state index is -0.285. The predicted molar refractivity (Wildman–Crippen MR) is 136 cm³/mol. The molecular weight excluding hydrogens is 426 g/mol. The van der Waals surface area contributed by atoms with Gasteiger partial charge in [0.05, 0.1) is 6.10 Å². The van der Waals surface area contributed by atoms with E-state index in [4.69, 9.17) is 0 Å². The van der Waals surface area contributed by atoms with E-state index in [1.54, 1.807) is 6.92 Å². The average Bonchev–Trinajstić information content (AvgIpc) is 3.04. The predicted octanol–water partition coefficient (Wildman–Crippen LogP) is 4.59. The second-order valence-electron chi connectivity index (χ2n) is 11.1. The lowest BCUT2D eigenvalue weighted by Gasteiger charge is -2.37. The van der Waals surface area contributed by atoms with Gasteiger partial charge < -0.3 is 14.9 Å². The van der Waals surface area contributed by atoms with E-state index in [0.717, 1.165) is 63.1 Å². The molecule has 0 aliphatic carbocycles. The van der Waals surface area contributed by atoms with Crippen molar-refractivity contribution in [2.45, 2.75) is 103 Å². The van der Waals surface area contributed by atoms with Gasteiger partial charge in [0.15, 0.2) is 0 Å². The van der Waals surface area contributed by atoms with Crippen molar-refractivity contribution in [1.29, 1.82) is 0 Å². The molecular formula is C28H43N3O3. The monoisotopic (exact) mass is 469 g/mol. The molecule has 4 rings (SSSR count). The standard InChI is InChI=1S/C28H43N3O3/c1-20(2)18-29-13-7-5-4-6-8-14-30(21(3)32)27-12-9-22(15-23(27)19-29)28(34)31-24-10-11-25(31)17-26(33)16-24/h9,12,15,20,24-26,33H,4-8,10-11,13-14,16-19H2,1-3H3. The van der Waals surface area contributed by atoms with Crippen LogP contribution in [0.3, 0.4) is 0 Å². The number of nitrogens with zero attached hydrogens (tertiary/aromatic N) is 3. The SMILES string of the molecule is CC(=O)N1CCCCCCCN(CC(C)C)Cc2cc(C(=O)N3C4CCC3CC(O)C4)ccc21. The van der Waals surface area contributed by atoms with Crippen molar-refractivity contribution in [1.82, 2.24) is 9.80 Å². The second kappa shape index (κ2) is 11.2. The number of rotatable bonds is 3. The molecule has 0 spiro atoms. The molecule has 2 atom stereocenters. The van der Waals surface area contributed by atoms with Gasteiger partial charge in [0.1, 0.15) is 0 Å². The minimum absolute atomic E-state index is 0.0656. The fourth-order valence-electron chi connectivity index (χ4n) is 6.31. The Labute approximate surface area is 205 Å². The van der Waals surface area contributed by atoms with Crippen molar-refractivity contribution >= 4 is 17.5 Å². The van der Waals surface area contributed by atoms with E-state index < -0.39 is 0 Å². The van der Waals surface area contributed by atoms with Crippen molar-refractivity contribution in [2.24, 2.45) is 5.92 Å². The number of anilines is 1. The molecule has 0 radical (unpaired) electrons. The van der Waals surface area contributed by atoms with E-state index in [2.05, 4.69) is 24.8 Å². The van der Waals surface area contributed by atoms with Crippen LogP contribution in [-0.4, -0.2) is 64.5 Å². The summed E-state index contributed by atoms with van der Waals surface area (Å²) < 4.78 is 0. The first kappa shape index (κ1) is 25.2. The van der Waals surface area contributed by atoms with Crippen LogP contribution in [0.25, 0.3) is 0 Å². The number of aliphatic hydroxyl groups excluding tert-OH is 1. The summed E-state index contributed by atoms with van der Waals surface area (Å²) in [6.45, 7) is 9.68. The van der Waals surface area contributed by atoms with E-state index in [-0.39, 0.29) is 30.0 Å². The van der Waals surface area contributed by atoms with Crippen molar-refractivity contribution < 1.29 is 14.7 Å². The molecule has 3 aliphatic rings. The van der Waals surface area contributed by atoms with Crippen LogP contribution >= 0.6 is 0 Å². The highest BCUT2D eigenvalue weighted by Crippen LogP contribution is 2.37. The van der Waals surface area contributed by atoms with Crippen LogP contribution in [0.2, 0.25) is 0 Å². The average molecular weight is 470 g/mol.